The summed E-state index contributed by atoms with van der Waals surface area (Å²) in [6.07, 6.45) is -0.0934. The molecule has 0 atom stereocenters. The largest absolute Gasteiger partial charge is 0.328 e. The van der Waals surface area contributed by atoms with Crippen LogP contribution >= 0.6 is 0 Å². The maximum Gasteiger partial charge on any atom is 0.328 e. The van der Waals surface area contributed by atoms with E-state index in [9.17, 15) is 12.8 Å². The van der Waals surface area contributed by atoms with Crippen LogP contribution in [0.2, 0.25) is 0 Å². The molecule has 11 heavy (non-hydrogen) atoms. The lowest BCUT2D eigenvalue weighted by Crippen LogP contribution is -2.06. The molecule has 0 bridgehead atoms. The fraction of sp³-hybridized carbons (Fsp3) is 0.500. The molecule has 0 aliphatic rings. The van der Waals surface area contributed by atoms with Gasteiger partial charge in [0.15, 0.2) is 0 Å². The Morgan fingerprint density at radius 3 is 2.27 bits per heavy atom. The van der Waals surface area contributed by atoms with E-state index in [1.807, 2.05) is 0 Å². The third-order valence-corrected chi connectivity index (χ3v) is 2.05. The minimum absolute atomic E-state index is 0.366. The number of halogens is 1. The molecule has 0 saturated heterocycles. The van der Waals surface area contributed by atoms with Crippen LogP contribution in [0.1, 0.15) is 0 Å². The summed E-state index contributed by atoms with van der Waals surface area (Å²) in [7, 11) is -2.15. The lowest BCUT2D eigenvalue weighted by Gasteiger charge is -1.92. The molecule has 62 valence electrons. The second-order valence-corrected chi connectivity index (χ2v) is 3.97. The van der Waals surface area contributed by atoms with Crippen molar-refractivity contribution in [3.63, 3.8) is 0 Å². The summed E-state index contributed by atoms with van der Waals surface area (Å²) in [6.45, 7) is 0. The Morgan fingerprint density at radius 2 is 2.09 bits per heavy atom. The molecule has 1 aromatic heterocycles. The monoisotopic (exact) mass is 179 g/mol. The highest BCUT2D eigenvalue weighted by Gasteiger charge is 2.16. The lowest BCUT2D eigenvalue weighted by molar-refractivity contribution is 0.528. The third kappa shape index (κ3) is 1.53. The Balaban J connectivity index is 3.36. The van der Waals surface area contributed by atoms with Gasteiger partial charge in [-0.1, -0.05) is 0 Å². The molecule has 0 aliphatic carbocycles. The SMILES string of the molecule is Cn1nc(F)nc1S(C)(=O)=O. The van der Waals surface area contributed by atoms with Crippen molar-refractivity contribution < 1.29 is 12.8 Å². The molecule has 5 nitrogen and oxygen atoms in total. The predicted molar refractivity (Wildman–Crippen MR) is 34.1 cm³/mol. The number of aryl methyl sites for hydroxylation is 1. The zero-order valence-electron chi connectivity index (χ0n) is 5.94. The Bertz CT molecular complexity index is 369. The molecule has 0 aliphatic heterocycles. The van der Waals surface area contributed by atoms with Crippen molar-refractivity contribution in [3.8, 4) is 0 Å². The van der Waals surface area contributed by atoms with Crippen molar-refractivity contribution in [2.24, 2.45) is 7.05 Å². The minimum atomic E-state index is -3.46. The number of nitrogens with zero attached hydrogens (tertiary/aromatic N) is 3. The third-order valence-electron chi connectivity index (χ3n) is 1.03. The maximum atomic E-state index is 12.2. The summed E-state index contributed by atoms with van der Waals surface area (Å²) in [5.41, 5.74) is 0. The Morgan fingerprint density at radius 1 is 1.55 bits per heavy atom. The standard InChI is InChI=1S/C4H6FN3O2S/c1-8-4(11(2,9)10)6-3(5)7-8/h1-2H3. The van der Waals surface area contributed by atoms with E-state index >= 15 is 0 Å². The summed E-state index contributed by atoms with van der Waals surface area (Å²) in [4.78, 5) is 3.08. The smallest absolute Gasteiger partial charge is 0.237 e. The first-order chi connectivity index (χ1) is 4.91. The first kappa shape index (κ1) is 8.12. The van der Waals surface area contributed by atoms with Crippen LogP contribution < -0.4 is 0 Å². The molecule has 0 saturated carbocycles. The van der Waals surface area contributed by atoms with Gasteiger partial charge in [-0.15, -0.1) is 5.10 Å². The topological polar surface area (TPSA) is 64.8 Å². The van der Waals surface area contributed by atoms with Crippen molar-refractivity contribution in [3.05, 3.63) is 6.08 Å². The molecule has 0 spiro atoms. The number of hydrogen-bond donors (Lipinski definition) is 0. The number of hydrogen-bond acceptors (Lipinski definition) is 4. The van der Waals surface area contributed by atoms with Gasteiger partial charge in [-0.2, -0.15) is 9.37 Å². The Hall–Kier alpha value is -0.980. The van der Waals surface area contributed by atoms with Gasteiger partial charge < -0.3 is 0 Å². The average Bonchev–Trinajstić information content (AvgIpc) is 2.08. The van der Waals surface area contributed by atoms with E-state index in [4.69, 9.17) is 0 Å². The average molecular weight is 179 g/mol. The van der Waals surface area contributed by atoms with Gasteiger partial charge in [0.25, 0.3) is 0 Å². The highest BCUT2D eigenvalue weighted by molar-refractivity contribution is 7.90. The highest BCUT2D eigenvalue weighted by atomic mass is 32.2. The normalized spacial score (nSPS) is 11.9. The molecular weight excluding hydrogens is 173 g/mol. The molecule has 0 radical (unpaired) electrons. The quantitative estimate of drug-likeness (QED) is 0.575. The Kier molecular flexibility index (Phi) is 1.67. The van der Waals surface area contributed by atoms with Crippen LogP contribution in [0.5, 0.6) is 0 Å². The van der Waals surface area contributed by atoms with Crippen molar-refractivity contribution in [1.82, 2.24) is 14.8 Å². The van der Waals surface area contributed by atoms with Gasteiger partial charge in [-0.25, -0.2) is 13.1 Å². The van der Waals surface area contributed by atoms with Gasteiger partial charge in [-0.05, 0) is 0 Å². The fourth-order valence-corrected chi connectivity index (χ4v) is 1.43. The molecule has 1 heterocycles. The van der Waals surface area contributed by atoms with Gasteiger partial charge in [0.2, 0.25) is 15.0 Å². The van der Waals surface area contributed by atoms with E-state index in [1.54, 1.807) is 0 Å². The first-order valence-electron chi connectivity index (χ1n) is 2.68. The predicted octanol–water partition coefficient (Wildman–Crippen LogP) is -0.642. The van der Waals surface area contributed by atoms with Crippen molar-refractivity contribution in [2.75, 3.05) is 6.26 Å². The van der Waals surface area contributed by atoms with Crippen LogP contribution in [0.4, 0.5) is 4.39 Å². The van der Waals surface area contributed by atoms with Crippen molar-refractivity contribution in [2.45, 2.75) is 5.16 Å². The van der Waals surface area contributed by atoms with Crippen LogP contribution in [0, 0.1) is 6.08 Å². The van der Waals surface area contributed by atoms with E-state index in [-0.39, 0.29) is 5.16 Å². The van der Waals surface area contributed by atoms with E-state index < -0.39 is 15.9 Å². The molecule has 0 fully saturated rings. The van der Waals surface area contributed by atoms with Crippen LogP contribution in [0.25, 0.3) is 0 Å². The van der Waals surface area contributed by atoms with E-state index in [0.29, 0.717) is 0 Å². The van der Waals surface area contributed by atoms with Gasteiger partial charge >= 0.3 is 6.08 Å². The van der Waals surface area contributed by atoms with Gasteiger partial charge in [0.05, 0.1) is 0 Å². The van der Waals surface area contributed by atoms with Crippen molar-refractivity contribution >= 4 is 9.84 Å². The molecule has 0 amide bonds. The molecule has 7 heteroatoms. The number of rotatable bonds is 1. The fourth-order valence-electron chi connectivity index (χ4n) is 0.663. The summed E-state index contributed by atoms with van der Waals surface area (Å²) >= 11 is 0. The molecule has 1 aromatic rings. The molecule has 0 unspecified atom stereocenters. The summed E-state index contributed by atoms with van der Waals surface area (Å²) in [5.74, 6) is 0. The van der Waals surface area contributed by atoms with Crippen LogP contribution in [-0.2, 0) is 16.9 Å². The van der Waals surface area contributed by atoms with E-state index in [2.05, 4.69) is 10.1 Å². The van der Waals surface area contributed by atoms with E-state index in [0.717, 1.165) is 10.9 Å². The maximum absolute atomic E-state index is 12.2. The minimum Gasteiger partial charge on any atom is -0.237 e. The zero-order chi connectivity index (χ0) is 8.65. The van der Waals surface area contributed by atoms with Gasteiger partial charge in [0, 0.05) is 13.3 Å². The van der Waals surface area contributed by atoms with Gasteiger partial charge in [0.1, 0.15) is 0 Å². The molecule has 0 aromatic carbocycles. The summed E-state index contributed by atoms with van der Waals surface area (Å²) in [5, 5.41) is 2.77. The van der Waals surface area contributed by atoms with E-state index in [1.165, 1.54) is 7.05 Å². The molecule has 1 rings (SSSR count). The number of aromatic nitrogens is 3. The van der Waals surface area contributed by atoms with Crippen molar-refractivity contribution in [1.29, 1.82) is 0 Å². The summed E-state index contributed by atoms with van der Waals surface area (Å²) in [6, 6.07) is 0. The molecule has 0 N–H and O–H groups in total. The van der Waals surface area contributed by atoms with Crippen LogP contribution in [0.3, 0.4) is 0 Å². The Labute approximate surface area is 62.8 Å². The second kappa shape index (κ2) is 2.26. The summed E-state index contributed by atoms with van der Waals surface area (Å²) < 4.78 is 34.6. The zero-order valence-corrected chi connectivity index (χ0v) is 6.76. The lowest BCUT2D eigenvalue weighted by atomic mass is 11.2. The van der Waals surface area contributed by atoms with Gasteiger partial charge in [-0.3, -0.25) is 0 Å². The number of sulfone groups is 1. The van der Waals surface area contributed by atoms with Crippen LogP contribution in [-0.4, -0.2) is 29.4 Å². The highest BCUT2D eigenvalue weighted by Crippen LogP contribution is 2.02. The van der Waals surface area contributed by atoms with Crippen LogP contribution in [0.15, 0.2) is 5.16 Å². The first-order valence-corrected chi connectivity index (χ1v) is 4.57. The molecular formula is C4H6FN3O2S. The second-order valence-electron chi connectivity index (χ2n) is 2.06.